The second kappa shape index (κ2) is 8.84. The van der Waals surface area contributed by atoms with Crippen LogP contribution in [0.5, 0.6) is 0 Å². The summed E-state index contributed by atoms with van der Waals surface area (Å²) in [5.74, 6) is -0.436. The van der Waals surface area contributed by atoms with Gasteiger partial charge in [0.2, 0.25) is 0 Å². The summed E-state index contributed by atoms with van der Waals surface area (Å²) >= 11 is 0. The van der Waals surface area contributed by atoms with Crippen molar-refractivity contribution in [3.63, 3.8) is 0 Å². The molecule has 0 bridgehead atoms. The number of amides is 1. The summed E-state index contributed by atoms with van der Waals surface area (Å²) in [5.41, 5.74) is 0. The van der Waals surface area contributed by atoms with Gasteiger partial charge in [-0.25, -0.2) is 9.59 Å². The summed E-state index contributed by atoms with van der Waals surface area (Å²) < 4.78 is 9.57. The van der Waals surface area contributed by atoms with Crippen LogP contribution in [0.25, 0.3) is 0 Å². The second-order valence-electron chi connectivity index (χ2n) is 4.23. The number of alkyl carbamates (subject to hydrolysis) is 1. The van der Waals surface area contributed by atoms with Gasteiger partial charge in [0.15, 0.2) is 0 Å². The van der Waals surface area contributed by atoms with Gasteiger partial charge in [0.1, 0.15) is 6.04 Å². The maximum absolute atomic E-state index is 11.7. The number of unbranched alkanes of at least 4 members (excludes halogenated alkanes) is 2. The molecule has 0 rings (SSSR count). The minimum Gasteiger partial charge on any atom is -0.464 e. The third kappa shape index (κ3) is 6.81. The van der Waals surface area contributed by atoms with E-state index in [9.17, 15) is 9.59 Å². The lowest BCUT2D eigenvalue weighted by molar-refractivity contribution is -0.147. The van der Waals surface area contributed by atoms with Crippen LogP contribution in [0.15, 0.2) is 0 Å². The van der Waals surface area contributed by atoms with Crippen LogP contribution in [0.4, 0.5) is 4.79 Å². The molecule has 0 aliphatic carbocycles. The fourth-order valence-electron chi connectivity index (χ4n) is 1.30. The summed E-state index contributed by atoms with van der Waals surface area (Å²) in [7, 11) is 1.26. The highest BCUT2D eigenvalue weighted by Crippen LogP contribution is 2.05. The van der Waals surface area contributed by atoms with E-state index in [2.05, 4.69) is 17.0 Å². The number of nitrogens with one attached hydrogen (secondary N) is 1. The van der Waals surface area contributed by atoms with Crippen molar-refractivity contribution in [2.24, 2.45) is 5.92 Å². The molecule has 0 heterocycles. The Morgan fingerprint density at radius 1 is 1.24 bits per heavy atom. The highest BCUT2D eigenvalue weighted by molar-refractivity contribution is 5.81. The Labute approximate surface area is 103 Å². The number of ether oxygens (including phenoxy) is 2. The van der Waals surface area contributed by atoms with Crippen LogP contribution in [-0.2, 0) is 14.3 Å². The van der Waals surface area contributed by atoms with Gasteiger partial charge in [-0.3, -0.25) is 0 Å². The minimum atomic E-state index is -0.649. The molecule has 0 unspecified atom stereocenters. The Morgan fingerprint density at radius 2 is 1.88 bits per heavy atom. The number of esters is 1. The Bertz CT molecular complexity index is 241. The summed E-state index contributed by atoms with van der Waals surface area (Å²) in [6.07, 6.45) is 2.34. The first-order chi connectivity index (χ1) is 8.02. The molecule has 0 radical (unpaired) electrons. The normalized spacial score (nSPS) is 12.1. The minimum absolute atomic E-state index is 0.0345. The van der Waals surface area contributed by atoms with E-state index in [1.54, 1.807) is 0 Å². The van der Waals surface area contributed by atoms with E-state index < -0.39 is 18.1 Å². The average molecular weight is 245 g/mol. The van der Waals surface area contributed by atoms with Crippen LogP contribution < -0.4 is 5.32 Å². The van der Waals surface area contributed by atoms with Crippen LogP contribution in [0.2, 0.25) is 0 Å². The maximum Gasteiger partial charge on any atom is 0.407 e. The van der Waals surface area contributed by atoms with Gasteiger partial charge in [-0.1, -0.05) is 33.6 Å². The zero-order valence-corrected chi connectivity index (χ0v) is 11.1. The first-order valence-corrected chi connectivity index (χ1v) is 6.04. The van der Waals surface area contributed by atoms with Crippen LogP contribution in [0.1, 0.15) is 40.0 Å². The molecule has 0 saturated carbocycles. The molecule has 0 aromatic carbocycles. The van der Waals surface area contributed by atoms with E-state index in [1.165, 1.54) is 7.11 Å². The van der Waals surface area contributed by atoms with E-state index in [0.717, 1.165) is 19.3 Å². The molecule has 0 spiro atoms. The quantitative estimate of drug-likeness (QED) is 0.551. The molecular formula is C12H23NO4. The van der Waals surface area contributed by atoms with Crippen LogP contribution in [0, 0.1) is 5.92 Å². The lowest BCUT2D eigenvalue weighted by Crippen LogP contribution is -2.45. The van der Waals surface area contributed by atoms with Crippen molar-refractivity contribution in [1.82, 2.24) is 5.32 Å². The molecular weight excluding hydrogens is 222 g/mol. The Kier molecular flexibility index (Phi) is 8.19. The zero-order valence-electron chi connectivity index (χ0n) is 11.1. The van der Waals surface area contributed by atoms with Crippen LogP contribution in [0.3, 0.4) is 0 Å². The van der Waals surface area contributed by atoms with Gasteiger partial charge in [-0.15, -0.1) is 0 Å². The molecule has 0 saturated heterocycles. The van der Waals surface area contributed by atoms with Crippen molar-refractivity contribution in [2.75, 3.05) is 13.7 Å². The molecule has 0 aromatic heterocycles. The second-order valence-corrected chi connectivity index (χ2v) is 4.23. The smallest absolute Gasteiger partial charge is 0.407 e. The SMILES string of the molecule is CCCCCOC(=O)[C@@H](NC(=O)OC)C(C)C. The number of hydrogen-bond acceptors (Lipinski definition) is 4. The predicted molar refractivity (Wildman–Crippen MR) is 64.7 cm³/mol. The zero-order chi connectivity index (χ0) is 13.3. The third-order valence-corrected chi connectivity index (χ3v) is 2.37. The van der Waals surface area contributed by atoms with Gasteiger partial charge < -0.3 is 14.8 Å². The molecule has 17 heavy (non-hydrogen) atoms. The van der Waals surface area contributed by atoms with Crippen molar-refractivity contribution in [3.05, 3.63) is 0 Å². The van der Waals surface area contributed by atoms with E-state index >= 15 is 0 Å². The van der Waals surface area contributed by atoms with Gasteiger partial charge >= 0.3 is 12.1 Å². The lowest BCUT2D eigenvalue weighted by atomic mass is 10.1. The van der Waals surface area contributed by atoms with E-state index in [4.69, 9.17) is 4.74 Å². The number of methoxy groups -OCH3 is 1. The van der Waals surface area contributed by atoms with Crippen molar-refractivity contribution in [2.45, 2.75) is 46.1 Å². The first kappa shape index (κ1) is 15.7. The summed E-state index contributed by atoms with van der Waals surface area (Å²) in [6.45, 7) is 6.16. The fraction of sp³-hybridized carbons (Fsp3) is 0.833. The predicted octanol–water partition coefficient (Wildman–Crippen LogP) is 2.10. The standard InChI is InChI=1S/C12H23NO4/c1-5-6-7-8-17-11(14)10(9(2)3)13-12(15)16-4/h9-10H,5-8H2,1-4H3,(H,13,15)/t10-/m0/s1. The van der Waals surface area contributed by atoms with Crippen molar-refractivity contribution < 1.29 is 19.1 Å². The Hall–Kier alpha value is -1.26. The van der Waals surface area contributed by atoms with Gasteiger partial charge in [0.05, 0.1) is 13.7 Å². The average Bonchev–Trinajstić information content (AvgIpc) is 2.30. The molecule has 0 aromatic rings. The molecule has 0 aliphatic heterocycles. The van der Waals surface area contributed by atoms with Crippen LogP contribution >= 0.6 is 0 Å². The number of carbonyl (C=O) groups is 2. The van der Waals surface area contributed by atoms with Crippen molar-refractivity contribution in [3.8, 4) is 0 Å². The van der Waals surface area contributed by atoms with Gasteiger partial charge in [-0.2, -0.15) is 0 Å². The maximum atomic E-state index is 11.7. The molecule has 1 atom stereocenters. The highest BCUT2D eigenvalue weighted by atomic mass is 16.5. The lowest BCUT2D eigenvalue weighted by Gasteiger charge is -2.19. The Balaban J connectivity index is 4.11. The van der Waals surface area contributed by atoms with Crippen molar-refractivity contribution in [1.29, 1.82) is 0 Å². The molecule has 5 nitrogen and oxygen atoms in total. The van der Waals surface area contributed by atoms with Gasteiger partial charge in [-0.05, 0) is 12.3 Å². The summed E-state index contributed by atoms with van der Waals surface area (Å²) in [5, 5.41) is 2.47. The molecule has 1 N–H and O–H groups in total. The highest BCUT2D eigenvalue weighted by Gasteiger charge is 2.25. The van der Waals surface area contributed by atoms with Gasteiger partial charge in [0, 0.05) is 0 Å². The van der Waals surface area contributed by atoms with Crippen LogP contribution in [-0.4, -0.2) is 31.8 Å². The largest absolute Gasteiger partial charge is 0.464 e. The van der Waals surface area contributed by atoms with E-state index in [-0.39, 0.29) is 5.92 Å². The molecule has 0 aliphatic rings. The number of rotatable bonds is 7. The van der Waals surface area contributed by atoms with Gasteiger partial charge in [0.25, 0.3) is 0 Å². The molecule has 100 valence electrons. The molecule has 0 fully saturated rings. The van der Waals surface area contributed by atoms with Crippen molar-refractivity contribution >= 4 is 12.1 Å². The fourth-order valence-corrected chi connectivity index (χ4v) is 1.30. The first-order valence-electron chi connectivity index (χ1n) is 6.04. The van der Waals surface area contributed by atoms with E-state index in [1.807, 2.05) is 13.8 Å². The molecule has 5 heteroatoms. The monoisotopic (exact) mass is 245 g/mol. The Morgan fingerprint density at radius 3 is 2.35 bits per heavy atom. The topological polar surface area (TPSA) is 64.6 Å². The number of hydrogen-bond donors (Lipinski definition) is 1. The summed E-state index contributed by atoms with van der Waals surface area (Å²) in [6, 6.07) is -0.649. The summed E-state index contributed by atoms with van der Waals surface area (Å²) in [4.78, 5) is 22.8. The van der Waals surface area contributed by atoms with E-state index in [0.29, 0.717) is 6.61 Å². The number of carbonyl (C=O) groups excluding carboxylic acids is 2. The molecule has 1 amide bonds. The third-order valence-electron chi connectivity index (χ3n) is 2.37.